The van der Waals surface area contributed by atoms with Gasteiger partial charge in [-0.15, -0.1) is 0 Å². The molecule has 1 N–H and O–H groups in total. The molecule has 0 amide bonds. The molecule has 3 fully saturated rings. The molecule has 0 bridgehead atoms. The lowest BCUT2D eigenvalue weighted by Gasteiger charge is -2.41. The Balaban J connectivity index is 1.55. The van der Waals surface area contributed by atoms with Crippen molar-refractivity contribution in [1.29, 1.82) is 0 Å². The molecule has 0 saturated heterocycles. The highest BCUT2D eigenvalue weighted by Gasteiger charge is 2.33. The van der Waals surface area contributed by atoms with Gasteiger partial charge in [-0.05, 0) is 37.5 Å². The summed E-state index contributed by atoms with van der Waals surface area (Å²) in [5.74, 6) is 2.08. The van der Waals surface area contributed by atoms with Gasteiger partial charge in [0.25, 0.3) is 0 Å². The van der Waals surface area contributed by atoms with Gasteiger partial charge in [0.2, 0.25) is 0 Å². The van der Waals surface area contributed by atoms with Gasteiger partial charge in [-0.2, -0.15) is 0 Å². The van der Waals surface area contributed by atoms with E-state index in [1.807, 2.05) is 0 Å². The second-order valence-corrected chi connectivity index (χ2v) is 8.16. The van der Waals surface area contributed by atoms with Crippen LogP contribution < -0.4 is 5.32 Å². The van der Waals surface area contributed by atoms with Crippen molar-refractivity contribution in [2.75, 3.05) is 0 Å². The van der Waals surface area contributed by atoms with Crippen LogP contribution in [-0.4, -0.2) is 12.1 Å². The van der Waals surface area contributed by atoms with Crippen LogP contribution in [0.1, 0.15) is 103 Å². The van der Waals surface area contributed by atoms with E-state index < -0.39 is 0 Å². The number of hydrogen-bond acceptors (Lipinski definition) is 1. The first-order valence-corrected chi connectivity index (χ1v) is 10.2. The maximum absolute atomic E-state index is 4.17. The van der Waals surface area contributed by atoms with E-state index in [-0.39, 0.29) is 0 Å². The number of rotatable bonds is 3. The van der Waals surface area contributed by atoms with Crippen molar-refractivity contribution in [3.05, 3.63) is 0 Å². The summed E-state index contributed by atoms with van der Waals surface area (Å²) in [7, 11) is 0. The average Bonchev–Trinajstić information content (AvgIpc) is 2.51. The maximum Gasteiger partial charge on any atom is 0.0101 e. The molecule has 3 aliphatic rings. The Labute approximate surface area is 132 Å². The van der Waals surface area contributed by atoms with Gasteiger partial charge in [0, 0.05) is 12.1 Å². The zero-order chi connectivity index (χ0) is 14.3. The Bertz CT molecular complexity index is 274. The summed E-state index contributed by atoms with van der Waals surface area (Å²) in [4.78, 5) is 0. The van der Waals surface area contributed by atoms with Gasteiger partial charge in [0.05, 0.1) is 0 Å². The normalized spacial score (nSPS) is 34.3. The predicted octanol–water partition coefficient (Wildman–Crippen LogP) is 5.83. The van der Waals surface area contributed by atoms with Crippen molar-refractivity contribution in [1.82, 2.24) is 5.32 Å². The molecular formula is C20H37N. The summed E-state index contributed by atoms with van der Waals surface area (Å²) in [6.45, 7) is 0. The van der Waals surface area contributed by atoms with Crippen LogP contribution in [0.25, 0.3) is 0 Å². The zero-order valence-electron chi connectivity index (χ0n) is 14.1. The molecule has 2 atom stereocenters. The van der Waals surface area contributed by atoms with E-state index in [4.69, 9.17) is 0 Å². The van der Waals surface area contributed by atoms with E-state index in [1.54, 1.807) is 0 Å². The van der Waals surface area contributed by atoms with Gasteiger partial charge in [0.15, 0.2) is 0 Å². The zero-order valence-corrected chi connectivity index (χ0v) is 14.1. The lowest BCUT2D eigenvalue weighted by atomic mass is 9.70. The summed E-state index contributed by atoms with van der Waals surface area (Å²) in [6, 6.07) is 1.71. The largest absolute Gasteiger partial charge is 0.311 e. The minimum Gasteiger partial charge on any atom is -0.311 e. The van der Waals surface area contributed by atoms with Gasteiger partial charge in [-0.3, -0.25) is 0 Å². The van der Waals surface area contributed by atoms with Crippen molar-refractivity contribution in [2.24, 2.45) is 11.8 Å². The third-order valence-corrected chi connectivity index (χ3v) is 6.63. The SMILES string of the molecule is C1CCCC(NC2CCCCC2C2CCCCC2)CCC1. The Hall–Kier alpha value is -0.0400. The van der Waals surface area contributed by atoms with Crippen LogP contribution in [0.4, 0.5) is 0 Å². The quantitative estimate of drug-likeness (QED) is 0.690. The van der Waals surface area contributed by atoms with E-state index in [0.29, 0.717) is 0 Å². The molecule has 21 heavy (non-hydrogen) atoms. The summed E-state index contributed by atoms with van der Waals surface area (Å²) in [6.07, 6.45) is 23.9. The van der Waals surface area contributed by atoms with Crippen molar-refractivity contribution >= 4 is 0 Å². The lowest BCUT2D eigenvalue weighted by molar-refractivity contribution is 0.137. The van der Waals surface area contributed by atoms with Crippen molar-refractivity contribution in [3.63, 3.8) is 0 Å². The maximum atomic E-state index is 4.17. The van der Waals surface area contributed by atoms with Gasteiger partial charge in [0.1, 0.15) is 0 Å². The molecule has 1 heteroatoms. The highest BCUT2D eigenvalue weighted by Crippen LogP contribution is 2.38. The summed E-state index contributed by atoms with van der Waals surface area (Å²) >= 11 is 0. The van der Waals surface area contributed by atoms with Crippen LogP contribution >= 0.6 is 0 Å². The van der Waals surface area contributed by atoms with E-state index in [9.17, 15) is 0 Å². The smallest absolute Gasteiger partial charge is 0.0101 e. The highest BCUT2D eigenvalue weighted by atomic mass is 15.0. The lowest BCUT2D eigenvalue weighted by Crippen LogP contribution is -2.47. The highest BCUT2D eigenvalue weighted by molar-refractivity contribution is 4.89. The van der Waals surface area contributed by atoms with E-state index in [0.717, 1.165) is 23.9 Å². The molecule has 0 aromatic heterocycles. The van der Waals surface area contributed by atoms with Crippen LogP contribution in [0.3, 0.4) is 0 Å². The van der Waals surface area contributed by atoms with Crippen molar-refractivity contribution in [3.8, 4) is 0 Å². The van der Waals surface area contributed by atoms with E-state index >= 15 is 0 Å². The minimum atomic E-state index is 0.847. The number of nitrogens with one attached hydrogen (secondary N) is 1. The first-order valence-electron chi connectivity index (χ1n) is 10.2. The van der Waals surface area contributed by atoms with Gasteiger partial charge < -0.3 is 5.32 Å². The Morgan fingerprint density at radius 2 is 1.00 bits per heavy atom. The Morgan fingerprint density at radius 3 is 1.76 bits per heavy atom. The minimum absolute atomic E-state index is 0.847. The fourth-order valence-electron chi connectivity index (χ4n) is 5.42. The van der Waals surface area contributed by atoms with Crippen LogP contribution in [0, 0.1) is 11.8 Å². The average molecular weight is 292 g/mol. The molecule has 3 rings (SSSR count). The molecule has 1 nitrogen and oxygen atoms in total. The molecule has 3 aliphatic carbocycles. The second-order valence-electron chi connectivity index (χ2n) is 8.16. The molecule has 2 unspecified atom stereocenters. The fraction of sp³-hybridized carbons (Fsp3) is 1.00. The van der Waals surface area contributed by atoms with Crippen molar-refractivity contribution < 1.29 is 0 Å². The third kappa shape index (κ3) is 4.71. The predicted molar refractivity (Wildman–Crippen MR) is 91.6 cm³/mol. The van der Waals surface area contributed by atoms with Gasteiger partial charge >= 0.3 is 0 Å². The summed E-state index contributed by atoms with van der Waals surface area (Å²) < 4.78 is 0. The Morgan fingerprint density at radius 1 is 0.476 bits per heavy atom. The van der Waals surface area contributed by atoms with E-state index in [2.05, 4.69) is 5.32 Å². The third-order valence-electron chi connectivity index (χ3n) is 6.63. The van der Waals surface area contributed by atoms with Crippen LogP contribution in [0.15, 0.2) is 0 Å². The van der Waals surface area contributed by atoms with E-state index in [1.165, 1.54) is 103 Å². The van der Waals surface area contributed by atoms with Crippen LogP contribution in [0.5, 0.6) is 0 Å². The molecule has 122 valence electrons. The Kier molecular flexibility index (Phi) is 6.45. The van der Waals surface area contributed by atoms with Crippen LogP contribution in [-0.2, 0) is 0 Å². The fourth-order valence-corrected chi connectivity index (χ4v) is 5.42. The van der Waals surface area contributed by atoms with Gasteiger partial charge in [-0.1, -0.05) is 77.0 Å². The molecular weight excluding hydrogens is 254 g/mol. The number of hydrogen-bond donors (Lipinski definition) is 1. The van der Waals surface area contributed by atoms with Gasteiger partial charge in [-0.25, -0.2) is 0 Å². The summed E-state index contributed by atoms with van der Waals surface area (Å²) in [5, 5.41) is 4.17. The topological polar surface area (TPSA) is 12.0 Å². The monoisotopic (exact) mass is 291 g/mol. The van der Waals surface area contributed by atoms with Crippen LogP contribution in [0.2, 0.25) is 0 Å². The second kappa shape index (κ2) is 8.56. The molecule has 0 heterocycles. The molecule has 3 saturated carbocycles. The molecule has 0 radical (unpaired) electrons. The molecule has 0 aromatic rings. The summed E-state index contributed by atoms with van der Waals surface area (Å²) in [5.41, 5.74) is 0. The molecule has 0 spiro atoms. The standard InChI is InChI=1S/C20H37N/c1-2-7-13-18(14-8-3-1)21-20-16-10-9-15-19(20)17-11-5-4-6-12-17/h17-21H,1-16H2. The molecule has 0 aliphatic heterocycles. The first kappa shape index (κ1) is 15.8. The van der Waals surface area contributed by atoms with Crippen molar-refractivity contribution in [2.45, 2.75) is 115 Å². The molecule has 0 aromatic carbocycles. The first-order chi connectivity index (χ1) is 10.4.